The van der Waals surface area contributed by atoms with Crippen molar-refractivity contribution < 1.29 is 9.90 Å². The summed E-state index contributed by atoms with van der Waals surface area (Å²) in [4.78, 5) is 15.8. The molecule has 94 valence electrons. The van der Waals surface area contributed by atoms with Gasteiger partial charge in [-0.1, -0.05) is 0 Å². The normalized spacial score (nSPS) is 20.9. The Hall–Kier alpha value is -1.07. The molecular formula is C12H18N2O2S. The van der Waals surface area contributed by atoms with Gasteiger partial charge in [0.1, 0.15) is 4.88 Å². The van der Waals surface area contributed by atoms with Crippen LogP contribution >= 0.6 is 11.3 Å². The van der Waals surface area contributed by atoms with Crippen LogP contribution in [0.15, 0.2) is 12.1 Å². The van der Waals surface area contributed by atoms with Crippen molar-refractivity contribution in [1.29, 1.82) is 0 Å². The number of hydrogen-bond donors (Lipinski definition) is 1. The molecule has 1 N–H and O–H groups in total. The number of carbonyl (C=O) groups is 1. The van der Waals surface area contributed by atoms with Crippen molar-refractivity contribution in [2.75, 3.05) is 32.1 Å². The van der Waals surface area contributed by atoms with Crippen molar-refractivity contribution in [2.45, 2.75) is 18.9 Å². The molecule has 1 aliphatic heterocycles. The summed E-state index contributed by atoms with van der Waals surface area (Å²) in [6.07, 6.45) is 2.39. The van der Waals surface area contributed by atoms with E-state index < -0.39 is 5.97 Å². The van der Waals surface area contributed by atoms with E-state index in [1.807, 2.05) is 6.07 Å². The molecule has 1 unspecified atom stereocenters. The van der Waals surface area contributed by atoms with E-state index in [0.29, 0.717) is 10.9 Å². The molecule has 0 bridgehead atoms. The molecule has 1 aliphatic rings. The van der Waals surface area contributed by atoms with Gasteiger partial charge in [-0.3, -0.25) is 0 Å². The maximum Gasteiger partial charge on any atom is 0.345 e. The van der Waals surface area contributed by atoms with Crippen LogP contribution in [0.3, 0.4) is 0 Å². The third-order valence-corrected chi connectivity index (χ3v) is 4.38. The zero-order valence-corrected chi connectivity index (χ0v) is 11.0. The summed E-state index contributed by atoms with van der Waals surface area (Å²) in [5, 5.41) is 10.00. The van der Waals surface area contributed by atoms with Crippen molar-refractivity contribution in [2.24, 2.45) is 0 Å². The second-order valence-corrected chi connectivity index (χ2v) is 5.71. The first-order valence-corrected chi connectivity index (χ1v) is 6.64. The SMILES string of the molecule is CN(C)C1CCCN(c2ccc(C(=O)O)s2)C1. The summed E-state index contributed by atoms with van der Waals surface area (Å²) in [6.45, 7) is 2.02. The number of aromatic carboxylic acids is 1. The zero-order valence-electron chi connectivity index (χ0n) is 10.2. The predicted octanol–water partition coefficient (Wildman–Crippen LogP) is 1.98. The van der Waals surface area contributed by atoms with Gasteiger partial charge in [-0.25, -0.2) is 4.79 Å². The number of rotatable bonds is 3. The minimum absolute atomic E-state index is 0.423. The minimum Gasteiger partial charge on any atom is -0.477 e. The minimum atomic E-state index is -0.831. The summed E-state index contributed by atoms with van der Waals surface area (Å²) >= 11 is 1.37. The Bertz CT molecular complexity index is 403. The Morgan fingerprint density at radius 2 is 2.29 bits per heavy atom. The van der Waals surface area contributed by atoms with Crippen LogP contribution in [0.4, 0.5) is 5.00 Å². The van der Waals surface area contributed by atoms with Crippen molar-refractivity contribution in [3.05, 3.63) is 17.0 Å². The van der Waals surface area contributed by atoms with Crippen molar-refractivity contribution in [1.82, 2.24) is 4.90 Å². The van der Waals surface area contributed by atoms with Gasteiger partial charge in [0, 0.05) is 19.1 Å². The Morgan fingerprint density at radius 1 is 1.53 bits per heavy atom. The molecule has 4 nitrogen and oxygen atoms in total. The van der Waals surface area contributed by atoms with Gasteiger partial charge >= 0.3 is 5.97 Å². The monoisotopic (exact) mass is 254 g/mol. The number of carboxylic acid groups (broad SMARTS) is 1. The fourth-order valence-electron chi connectivity index (χ4n) is 2.19. The van der Waals surface area contributed by atoms with E-state index in [9.17, 15) is 4.79 Å². The fourth-order valence-corrected chi connectivity index (χ4v) is 3.07. The molecule has 1 aromatic heterocycles. The molecule has 0 aromatic carbocycles. The number of carboxylic acids is 1. The van der Waals surface area contributed by atoms with E-state index in [-0.39, 0.29) is 0 Å². The van der Waals surface area contributed by atoms with Crippen LogP contribution in [0.25, 0.3) is 0 Å². The van der Waals surface area contributed by atoms with Gasteiger partial charge in [-0.05, 0) is 39.1 Å². The van der Waals surface area contributed by atoms with Gasteiger partial charge in [-0.15, -0.1) is 11.3 Å². The first-order chi connectivity index (χ1) is 8.08. The number of piperidine rings is 1. The summed E-state index contributed by atoms with van der Waals surface area (Å²) in [5.41, 5.74) is 0. The molecule has 1 fully saturated rings. The molecule has 2 rings (SSSR count). The van der Waals surface area contributed by atoms with Crippen molar-refractivity contribution >= 4 is 22.3 Å². The van der Waals surface area contributed by atoms with Crippen LogP contribution < -0.4 is 4.90 Å². The molecule has 0 aliphatic carbocycles. The summed E-state index contributed by atoms with van der Waals surface area (Å²) in [7, 11) is 4.20. The molecular weight excluding hydrogens is 236 g/mol. The van der Waals surface area contributed by atoms with Crippen LogP contribution in [0.1, 0.15) is 22.5 Å². The quantitative estimate of drug-likeness (QED) is 0.895. The molecule has 0 amide bonds. The van der Waals surface area contributed by atoms with E-state index in [1.165, 1.54) is 24.2 Å². The average Bonchev–Trinajstić information content (AvgIpc) is 2.78. The van der Waals surface area contributed by atoms with Crippen LogP contribution in [-0.4, -0.2) is 49.2 Å². The zero-order chi connectivity index (χ0) is 12.4. The Kier molecular flexibility index (Phi) is 3.69. The highest BCUT2D eigenvalue weighted by Gasteiger charge is 2.22. The number of thiophene rings is 1. The topological polar surface area (TPSA) is 43.8 Å². The predicted molar refractivity (Wildman–Crippen MR) is 70.2 cm³/mol. The fraction of sp³-hybridized carbons (Fsp3) is 0.583. The molecule has 2 heterocycles. The first-order valence-electron chi connectivity index (χ1n) is 5.82. The molecule has 0 spiro atoms. The smallest absolute Gasteiger partial charge is 0.345 e. The second kappa shape index (κ2) is 5.06. The van der Waals surface area contributed by atoms with E-state index >= 15 is 0 Å². The lowest BCUT2D eigenvalue weighted by atomic mass is 10.1. The third kappa shape index (κ3) is 2.79. The van der Waals surface area contributed by atoms with Gasteiger partial charge in [0.25, 0.3) is 0 Å². The molecule has 0 radical (unpaired) electrons. The lowest BCUT2D eigenvalue weighted by molar-refractivity contribution is 0.0702. The van der Waals surface area contributed by atoms with Crippen LogP contribution in [0.5, 0.6) is 0 Å². The maximum absolute atomic E-state index is 10.9. The average molecular weight is 254 g/mol. The van der Waals surface area contributed by atoms with Crippen LogP contribution in [0.2, 0.25) is 0 Å². The number of hydrogen-bond acceptors (Lipinski definition) is 4. The van der Waals surface area contributed by atoms with Gasteiger partial charge in [0.05, 0.1) is 5.00 Å². The highest BCUT2D eigenvalue weighted by Crippen LogP contribution is 2.29. The largest absolute Gasteiger partial charge is 0.477 e. The molecule has 17 heavy (non-hydrogen) atoms. The Balaban J connectivity index is 2.08. The molecule has 1 atom stereocenters. The van der Waals surface area contributed by atoms with E-state index in [1.54, 1.807) is 6.07 Å². The summed E-state index contributed by atoms with van der Waals surface area (Å²) < 4.78 is 0. The molecule has 1 saturated heterocycles. The second-order valence-electron chi connectivity index (χ2n) is 4.65. The first kappa shape index (κ1) is 12.4. The number of nitrogens with zero attached hydrogens (tertiary/aromatic N) is 2. The van der Waals surface area contributed by atoms with Gasteiger partial charge in [0.15, 0.2) is 0 Å². The van der Waals surface area contributed by atoms with Gasteiger partial charge in [-0.2, -0.15) is 0 Å². The van der Waals surface area contributed by atoms with Gasteiger partial charge in [0.2, 0.25) is 0 Å². The lowest BCUT2D eigenvalue weighted by Crippen LogP contribution is -2.44. The van der Waals surface area contributed by atoms with Crippen LogP contribution in [-0.2, 0) is 0 Å². The van der Waals surface area contributed by atoms with Crippen LogP contribution in [0, 0.1) is 0 Å². The number of anilines is 1. The van der Waals surface area contributed by atoms with E-state index in [2.05, 4.69) is 23.9 Å². The van der Waals surface area contributed by atoms with E-state index in [0.717, 1.165) is 18.1 Å². The highest BCUT2D eigenvalue weighted by molar-refractivity contribution is 7.17. The third-order valence-electron chi connectivity index (χ3n) is 3.24. The number of likely N-dealkylation sites (N-methyl/N-ethyl adjacent to an activating group) is 1. The van der Waals surface area contributed by atoms with Crippen molar-refractivity contribution in [3.8, 4) is 0 Å². The Labute approximate surface area is 105 Å². The lowest BCUT2D eigenvalue weighted by Gasteiger charge is -2.36. The van der Waals surface area contributed by atoms with Crippen molar-refractivity contribution in [3.63, 3.8) is 0 Å². The molecule has 1 aromatic rings. The highest BCUT2D eigenvalue weighted by atomic mass is 32.1. The summed E-state index contributed by atoms with van der Waals surface area (Å²) in [6, 6.07) is 4.19. The summed E-state index contributed by atoms with van der Waals surface area (Å²) in [5.74, 6) is -0.831. The molecule has 5 heteroatoms. The van der Waals surface area contributed by atoms with Gasteiger partial charge < -0.3 is 14.9 Å². The molecule has 0 saturated carbocycles. The maximum atomic E-state index is 10.9. The van der Waals surface area contributed by atoms with E-state index in [4.69, 9.17) is 5.11 Å². The Morgan fingerprint density at radius 3 is 2.88 bits per heavy atom. The standard InChI is InChI=1S/C12H18N2O2S/c1-13(2)9-4-3-7-14(8-9)11-6-5-10(17-11)12(15)16/h5-6,9H,3-4,7-8H2,1-2H3,(H,15,16).